The zero-order chi connectivity index (χ0) is 16.6. The van der Waals surface area contributed by atoms with E-state index >= 15 is 0 Å². The standard InChI is InChI=1S/C14H17N7O2/c1-8(2)21-10(5-6-15-21)13-17-18-14(23-13)16-12(22)11-9(3)7-20(4)19-11/h5-8H,1-4H3,(H,16,18,22). The number of aryl methyl sites for hydroxylation is 2. The van der Waals surface area contributed by atoms with Crippen LogP contribution in [-0.4, -0.2) is 35.7 Å². The first kappa shape index (κ1) is 14.9. The van der Waals surface area contributed by atoms with Crippen molar-refractivity contribution in [2.24, 2.45) is 7.05 Å². The van der Waals surface area contributed by atoms with E-state index in [1.165, 1.54) is 0 Å². The fourth-order valence-electron chi connectivity index (χ4n) is 2.26. The van der Waals surface area contributed by atoms with E-state index < -0.39 is 5.91 Å². The average molecular weight is 315 g/mol. The molecule has 120 valence electrons. The number of aromatic nitrogens is 6. The van der Waals surface area contributed by atoms with Gasteiger partial charge < -0.3 is 4.42 Å². The van der Waals surface area contributed by atoms with Crippen LogP contribution in [0.15, 0.2) is 22.9 Å². The molecule has 0 aliphatic rings. The molecular formula is C14H17N7O2. The van der Waals surface area contributed by atoms with Crippen LogP contribution in [0.2, 0.25) is 0 Å². The highest BCUT2D eigenvalue weighted by Crippen LogP contribution is 2.22. The van der Waals surface area contributed by atoms with Crippen molar-refractivity contribution < 1.29 is 9.21 Å². The Kier molecular flexibility index (Phi) is 3.68. The number of anilines is 1. The summed E-state index contributed by atoms with van der Waals surface area (Å²) in [6, 6.07) is 1.95. The van der Waals surface area contributed by atoms with Gasteiger partial charge in [0.05, 0.1) is 0 Å². The molecule has 0 saturated carbocycles. The van der Waals surface area contributed by atoms with Crippen molar-refractivity contribution in [1.82, 2.24) is 29.8 Å². The van der Waals surface area contributed by atoms with Crippen molar-refractivity contribution in [1.29, 1.82) is 0 Å². The van der Waals surface area contributed by atoms with Crippen molar-refractivity contribution in [3.05, 3.63) is 29.7 Å². The van der Waals surface area contributed by atoms with E-state index in [9.17, 15) is 4.79 Å². The fourth-order valence-corrected chi connectivity index (χ4v) is 2.26. The molecule has 3 aromatic rings. The second-order valence-corrected chi connectivity index (χ2v) is 5.46. The van der Waals surface area contributed by atoms with E-state index in [2.05, 4.69) is 25.7 Å². The van der Waals surface area contributed by atoms with Gasteiger partial charge in [-0.3, -0.25) is 19.5 Å². The maximum Gasteiger partial charge on any atom is 0.322 e. The second kappa shape index (κ2) is 5.67. The van der Waals surface area contributed by atoms with Crippen LogP contribution in [0.4, 0.5) is 6.01 Å². The first-order valence-electron chi connectivity index (χ1n) is 7.14. The van der Waals surface area contributed by atoms with Crippen molar-refractivity contribution in [2.45, 2.75) is 26.8 Å². The monoisotopic (exact) mass is 315 g/mol. The third-order valence-corrected chi connectivity index (χ3v) is 3.25. The van der Waals surface area contributed by atoms with Crippen LogP contribution in [0.25, 0.3) is 11.6 Å². The number of hydrogen-bond donors (Lipinski definition) is 1. The molecule has 0 atom stereocenters. The van der Waals surface area contributed by atoms with Crippen LogP contribution in [0, 0.1) is 6.92 Å². The van der Waals surface area contributed by atoms with Crippen LogP contribution >= 0.6 is 0 Å². The first-order valence-corrected chi connectivity index (χ1v) is 7.14. The summed E-state index contributed by atoms with van der Waals surface area (Å²) in [6.07, 6.45) is 3.42. The lowest BCUT2D eigenvalue weighted by Crippen LogP contribution is -2.14. The van der Waals surface area contributed by atoms with Crippen LogP contribution in [0.1, 0.15) is 35.9 Å². The third kappa shape index (κ3) is 2.85. The fraction of sp³-hybridized carbons (Fsp3) is 0.357. The van der Waals surface area contributed by atoms with E-state index in [0.717, 1.165) is 5.56 Å². The van der Waals surface area contributed by atoms with Gasteiger partial charge in [-0.05, 0) is 26.8 Å². The van der Waals surface area contributed by atoms with E-state index in [4.69, 9.17) is 4.42 Å². The van der Waals surface area contributed by atoms with Crippen molar-refractivity contribution in [3.63, 3.8) is 0 Å². The molecule has 1 amide bonds. The van der Waals surface area contributed by atoms with Crippen LogP contribution in [0.5, 0.6) is 0 Å². The molecule has 9 heteroatoms. The summed E-state index contributed by atoms with van der Waals surface area (Å²) in [5.41, 5.74) is 1.78. The Morgan fingerprint density at radius 1 is 1.35 bits per heavy atom. The summed E-state index contributed by atoms with van der Waals surface area (Å²) >= 11 is 0. The SMILES string of the molecule is Cc1cn(C)nc1C(=O)Nc1nnc(-c2ccnn2C(C)C)o1. The highest BCUT2D eigenvalue weighted by atomic mass is 16.4. The predicted molar refractivity (Wildman–Crippen MR) is 81.8 cm³/mol. The van der Waals surface area contributed by atoms with Gasteiger partial charge in [0.25, 0.3) is 11.8 Å². The zero-order valence-electron chi connectivity index (χ0n) is 13.3. The van der Waals surface area contributed by atoms with E-state index in [1.807, 2.05) is 20.8 Å². The third-order valence-electron chi connectivity index (χ3n) is 3.25. The lowest BCUT2D eigenvalue weighted by Gasteiger charge is -2.07. The molecule has 0 bridgehead atoms. The highest BCUT2D eigenvalue weighted by Gasteiger charge is 2.19. The van der Waals surface area contributed by atoms with Crippen molar-refractivity contribution in [3.8, 4) is 11.6 Å². The Bertz CT molecular complexity index is 843. The Morgan fingerprint density at radius 2 is 2.13 bits per heavy atom. The maximum absolute atomic E-state index is 12.2. The predicted octanol–water partition coefficient (Wildman–Crippen LogP) is 1.81. The molecule has 0 unspecified atom stereocenters. The van der Waals surface area contributed by atoms with Gasteiger partial charge in [-0.2, -0.15) is 10.2 Å². The Labute approximate surface area is 132 Å². The maximum atomic E-state index is 12.2. The number of rotatable bonds is 4. The van der Waals surface area contributed by atoms with Gasteiger partial charge >= 0.3 is 6.01 Å². The Hall–Kier alpha value is -2.97. The minimum absolute atomic E-state index is 0.0200. The van der Waals surface area contributed by atoms with Gasteiger partial charge in [-0.25, -0.2) is 0 Å². The smallest absolute Gasteiger partial charge is 0.322 e. The molecule has 0 aliphatic heterocycles. The molecule has 1 N–H and O–H groups in total. The van der Waals surface area contributed by atoms with Gasteiger partial charge in [0.2, 0.25) is 0 Å². The van der Waals surface area contributed by atoms with E-state index in [0.29, 0.717) is 17.3 Å². The number of nitrogens with one attached hydrogen (secondary N) is 1. The van der Waals surface area contributed by atoms with Crippen molar-refractivity contribution >= 4 is 11.9 Å². The van der Waals surface area contributed by atoms with Crippen molar-refractivity contribution in [2.75, 3.05) is 5.32 Å². The summed E-state index contributed by atoms with van der Waals surface area (Å²) < 4.78 is 8.85. The number of carbonyl (C=O) groups is 1. The van der Waals surface area contributed by atoms with Crippen LogP contribution in [-0.2, 0) is 7.05 Å². The summed E-state index contributed by atoms with van der Waals surface area (Å²) in [5, 5.41) is 18.7. The van der Waals surface area contributed by atoms with E-state index in [-0.39, 0.29) is 12.1 Å². The molecule has 0 aliphatic carbocycles. The summed E-state index contributed by atoms with van der Waals surface area (Å²) in [5.74, 6) is -0.0973. The minimum atomic E-state index is -0.393. The quantitative estimate of drug-likeness (QED) is 0.787. The second-order valence-electron chi connectivity index (χ2n) is 5.46. The van der Waals surface area contributed by atoms with Gasteiger partial charge in [0, 0.05) is 31.0 Å². The molecule has 0 spiro atoms. The molecule has 0 saturated heterocycles. The largest absolute Gasteiger partial charge is 0.401 e. The lowest BCUT2D eigenvalue weighted by molar-refractivity contribution is 0.101. The van der Waals surface area contributed by atoms with Gasteiger partial charge in [0.1, 0.15) is 5.69 Å². The number of carbonyl (C=O) groups excluding carboxylic acids is 1. The van der Waals surface area contributed by atoms with Gasteiger partial charge in [-0.1, -0.05) is 5.10 Å². The molecule has 0 radical (unpaired) electrons. The topological polar surface area (TPSA) is 104 Å². The lowest BCUT2D eigenvalue weighted by atomic mass is 10.3. The normalized spacial score (nSPS) is 11.2. The first-order chi connectivity index (χ1) is 11.0. The average Bonchev–Trinajstić information content (AvgIpc) is 3.17. The molecule has 23 heavy (non-hydrogen) atoms. The number of nitrogens with zero attached hydrogens (tertiary/aromatic N) is 6. The molecule has 0 fully saturated rings. The zero-order valence-corrected chi connectivity index (χ0v) is 13.3. The summed E-state index contributed by atoms with van der Waals surface area (Å²) in [6.45, 7) is 5.81. The van der Waals surface area contributed by atoms with Gasteiger partial charge in [0.15, 0.2) is 5.69 Å². The van der Waals surface area contributed by atoms with E-state index in [1.54, 1.807) is 34.9 Å². The van der Waals surface area contributed by atoms with Crippen LogP contribution < -0.4 is 5.32 Å². The Morgan fingerprint density at radius 3 is 2.78 bits per heavy atom. The highest BCUT2D eigenvalue weighted by molar-refractivity contribution is 6.02. The summed E-state index contributed by atoms with van der Waals surface area (Å²) in [7, 11) is 1.75. The molecular weight excluding hydrogens is 298 g/mol. The number of hydrogen-bond acceptors (Lipinski definition) is 6. The van der Waals surface area contributed by atoms with Crippen LogP contribution in [0.3, 0.4) is 0 Å². The molecule has 3 rings (SSSR count). The molecule has 9 nitrogen and oxygen atoms in total. The molecule has 0 aromatic carbocycles. The summed E-state index contributed by atoms with van der Waals surface area (Å²) in [4.78, 5) is 12.2. The Balaban J connectivity index is 1.81. The number of amides is 1. The minimum Gasteiger partial charge on any atom is -0.401 e. The van der Waals surface area contributed by atoms with Gasteiger partial charge in [-0.15, -0.1) is 5.10 Å². The molecule has 3 aromatic heterocycles. The molecule has 3 heterocycles.